The zero-order valence-corrected chi connectivity index (χ0v) is 15.1. The molecular formula is C19H18FN3O2S. The number of nitrogens with zero attached hydrogens (tertiary/aromatic N) is 1. The Labute approximate surface area is 154 Å². The number of aromatic nitrogens is 1. The maximum Gasteiger partial charge on any atom is 0.259 e. The van der Waals surface area contributed by atoms with E-state index < -0.39 is 17.3 Å². The molecule has 0 aliphatic carbocycles. The maximum absolute atomic E-state index is 14.5. The topological polar surface area (TPSA) is 88.2 Å². The Morgan fingerprint density at radius 2 is 2.04 bits per heavy atom. The van der Waals surface area contributed by atoms with E-state index in [0.29, 0.717) is 26.8 Å². The molecule has 1 amide bonds. The fourth-order valence-corrected chi connectivity index (χ4v) is 3.38. The first-order valence-electron chi connectivity index (χ1n) is 7.90. The Bertz CT molecular complexity index is 949. The van der Waals surface area contributed by atoms with Gasteiger partial charge in [-0.25, -0.2) is 9.37 Å². The number of nitrogens with one attached hydrogen (secondary N) is 1. The minimum absolute atomic E-state index is 0.265. The van der Waals surface area contributed by atoms with Gasteiger partial charge in [-0.1, -0.05) is 18.2 Å². The highest BCUT2D eigenvalue weighted by molar-refractivity contribution is 7.19. The predicted molar refractivity (Wildman–Crippen MR) is 102 cm³/mol. The third-order valence-electron chi connectivity index (χ3n) is 3.85. The lowest BCUT2D eigenvalue weighted by molar-refractivity contribution is 0.0782. The Hall–Kier alpha value is -2.77. The van der Waals surface area contributed by atoms with Crippen LogP contribution < -0.4 is 11.1 Å². The summed E-state index contributed by atoms with van der Waals surface area (Å²) in [5.41, 5.74) is 5.88. The van der Waals surface area contributed by atoms with Gasteiger partial charge in [0, 0.05) is 16.6 Å². The molecule has 134 valence electrons. The van der Waals surface area contributed by atoms with Crippen LogP contribution in [0.15, 0.2) is 48.7 Å². The van der Waals surface area contributed by atoms with Gasteiger partial charge in [-0.3, -0.25) is 4.79 Å². The third kappa shape index (κ3) is 3.74. The lowest BCUT2D eigenvalue weighted by atomic mass is 9.96. The second-order valence-electron chi connectivity index (χ2n) is 6.31. The van der Waals surface area contributed by atoms with Crippen molar-refractivity contribution in [2.24, 2.45) is 0 Å². The SMILES string of the molecule is CC(C)(O)c1ccc(-c2cc(C(=O)Nc3ccccn3)c(N)s2)c(F)c1. The van der Waals surface area contributed by atoms with Crippen LogP contribution in [0.5, 0.6) is 0 Å². The summed E-state index contributed by atoms with van der Waals surface area (Å²) in [6, 6.07) is 11.2. The van der Waals surface area contributed by atoms with Crippen LogP contribution >= 0.6 is 11.3 Å². The second kappa shape index (κ2) is 6.86. The fraction of sp³-hybridized carbons (Fsp3) is 0.158. The molecule has 2 aromatic heterocycles. The molecule has 0 bridgehead atoms. The quantitative estimate of drug-likeness (QED) is 0.646. The van der Waals surface area contributed by atoms with E-state index in [1.54, 1.807) is 56.4 Å². The minimum Gasteiger partial charge on any atom is -0.390 e. The van der Waals surface area contributed by atoms with E-state index in [0.717, 1.165) is 11.3 Å². The van der Waals surface area contributed by atoms with Crippen molar-refractivity contribution in [2.75, 3.05) is 11.1 Å². The number of benzene rings is 1. The molecule has 3 rings (SSSR count). The molecule has 26 heavy (non-hydrogen) atoms. The molecule has 0 unspecified atom stereocenters. The molecule has 1 aromatic carbocycles. The van der Waals surface area contributed by atoms with Crippen molar-refractivity contribution >= 4 is 28.1 Å². The number of hydrogen-bond donors (Lipinski definition) is 3. The number of pyridine rings is 1. The van der Waals surface area contributed by atoms with Crippen LogP contribution in [-0.4, -0.2) is 16.0 Å². The summed E-state index contributed by atoms with van der Waals surface area (Å²) in [7, 11) is 0. The van der Waals surface area contributed by atoms with Crippen LogP contribution in [0.1, 0.15) is 29.8 Å². The molecular weight excluding hydrogens is 353 g/mol. The normalized spacial score (nSPS) is 11.4. The van der Waals surface area contributed by atoms with E-state index >= 15 is 0 Å². The molecule has 0 spiro atoms. The van der Waals surface area contributed by atoms with Crippen LogP contribution in [0.2, 0.25) is 0 Å². The van der Waals surface area contributed by atoms with Gasteiger partial charge in [0.15, 0.2) is 0 Å². The minimum atomic E-state index is -1.14. The van der Waals surface area contributed by atoms with E-state index in [9.17, 15) is 14.3 Å². The highest BCUT2D eigenvalue weighted by atomic mass is 32.1. The van der Waals surface area contributed by atoms with Crippen molar-refractivity contribution < 1.29 is 14.3 Å². The number of aliphatic hydroxyl groups is 1. The van der Waals surface area contributed by atoms with Crippen LogP contribution in [0.4, 0.5) is 15.2 Å². The number of carbonyl (C=O) groups excluding carboxylic acids is 1. The van der Waals surface area contributed by atoms with Crippen molar-refractivity contribution in [3.63, 3.8) is 0 Å². The molecule has 0 saturated carbocycles. The van der Waals surface area contributed by atoms with Crippen molar-refractivity contribution in [1.82, 2.24) is 4.98 Å². The first-order valence-corrected chi connectivity index (χ1v) is 8.72. The second-order valence-corrected chi connectivity index (χ2v) is 7.40. The molecule has 0 radical (unpaired) electrons. The maximum atomic E-state index is 14.5. The monoisotopic (exact) mass is 371 g/mol. The number of thiophene rings is 1. The van der Waals surface area contributed by atoms with E-state index in [2.05, 4.69) is 10.3 Å². The van der Waals surface area contributed by atoms with Crippen molar-refractivity contribution in [3.05, 3.63) is 65.6 Å². The Balaban J connectivity index is 1.90. The van der Waals surface area contributed by atoms with Crippen molar-refractivity contribution in [3.8, 4) is 10.4 Å². The van der Waals surface area contributed by atoms with E-state index in [-0.39, 0.29) is 5.56 Å². The standard InChI is InChI=1S/C19H18FN3O2S/c1-19(2,25)11-6-7-12(14(20)9-11)15-10-13(17(21)26-15)18(24)23-16-5-3-4-8-22-16/h3-10,25H,21H2,1-2H3,(H,22,23,24). The summed E-state index contributed by atoms with van der Waals surface area (Å²) in [6.07, 6.45) is 1.57. The molecule has 0 atom stereocenters. The van der Waals surface area contributed by atoms with Gasteiger partial charge < -0.3 is 16.2 Å². The van der Waals surface area contributed by atoms with Crippen LogP contribution in [-0.2, 0) is 5.60 Å². The van der Waals surface area contributed by atoms with Crippen molar-refractivity contribution in [1.29, 1.82) is 0 Å². The summed E-state index contributed by atoms with van der Waals surface area (Å²) >= 11 is 1.13. The van der Waals surface area contributed by atoms with Gasteiger partial charge in [0.2, 0.25) is 0 Å². The molecule has 0 fully saturated rings. The lowest BCUT2D eigenvalue weighted by Gasteiger charge is -2.18. The zero-order valence-electron chi connectivity index (χ0n) is 14.3. The Kier molecular flexibility index (Phi) is 4.76. The number of anilines is 2. The van der Waals surface area contributed by atoms with Gasteiger partial charge in [-0.05, 0) is 43.7 Å². The molecule has 4 N–H and O–H groups in total. The summed E-state index contributed by atoms with van der Waals surface area (Å²) in [5, 5.41) is 12.9. The number of halogens is 1. The molecule has 3 aromatic rings. The summed E-state index contributed by atoms with van der Waals surface area (Å²) in [5.74, 6) is -0.481. The molecule has 0 saturated heterocycles. The Morgan fingerprint density at radius 3 is 2.65 bits per heavy atom. The van der Waals surface area contributed by atoms with Gasteiger partial charge in [-0.15, -0.1) is 11.3 Å². The molecule has 2 heterocycles. The van der Waals surface area contributed by atoms with Gasteiger partial charge >= 0.3 is 0 Å². The van der Waals surface area contributed by atoms with Crippen molar-refractivity contribution in [2.45, 2.75) is 19.4 Å². The van der Waals surface area contributed by atoms with Crippen LogP contribution in [0.25, 0.3) is 10.4 Å². The summed E-state index contributed by atoms with van der Waals surface area (Å²) < 4.78 is 14.5. The number of nitrogen functional groups attached to an aromatic ring is 1. The average Bonchev–Trinajstić information content (AvgIpc) is 2.96. The molecule has 0 aliphatic heterocycles. The zero-order chi connectivity index (χ0) is 18.9. The summed E-state index contributed by atoms with van der Waals surface area (Å²) in [4.78, 5) is 17.0. The highest BCUT2D eigenvalue weighted by Crippen LogP contribution is 2.36. The van der Waals surface area contributed by atoms with Gasteiger partial charge in [0.25, 0.3) is 5.91 Å². The number of amides is 1. The van der Waals surface area contributed by atoms with Gasteiger partial charge in [0.1, 0.15) is 11.6 Å². The third-order valence-corrected chi connectivity index (χ3v) is 4.85. The smallest absolute Gasteiger partial charge is 0.259 e. The number of rotatable bonds is 4. The number of nitrogens with two attached hydrogens (primary N) is 1. The average molecular weight is 371 g/mol. The summed E-state index contributed by atoms with van der Waals surface area (Å²) in [6.45, 7) is 3.18. The van der Waals surface area contributed by atoms with E-state index in [1.165, 1.54) is 6.07 Å². The van der Waals surface area contributed by atoms with Crippen LogP contribution in [0, 0.1) is 5.82 Å². The Morgan fingerprint density at radius 1 is 1.27 bits per heavy atom. The fourth-order valence-electron chi connectivity index (χ4n) is 2.43. The lowest BCUT2D eigenvalue weighted by Crippen LogP contribution is -2.15. The predicted octanol–water partition coefficient (Wildman–Crippen LogP) is 4.01. The number of carbonyl (C=O) groups is 1. The number of hydrogen-bond acceptors (Lipinski definition) is 5. The van der Waals surface area contributed by atoms with E-state index in [4.69, 9.17) is 5.73 Å². The highest BCUT2D eigenvalue weighted by Gasteiger charge is 2.20. The van der Waals surface area contributed by atoms with Crippen LogP contribution in [0.3, 0.4) is 0 Å². The van der Waals surface area contributed by atoms with Gasteiger partial charge in [-0.2, -0.15) is 0 Å². The molecule has 5 nitrogen and oxygen atoms in total. The molecule has 7 heteroatoms. The largest absolute Gasteiger partial charge is 0.390 e. The first-order chi connectivity index (χ1) is 12.3. The van der Waals surface area contributed by atoms with E-state index in [1.807, 2.05) is 0 Å². The first kappa shape index (κ1) is 18.0. The van der Waals surface area contributed by atoms with Gasteiger partial charge in [0.05, 0.1) is 16.2 Å². The molecule has 0 aliphatic rings.